The summed E-state index contributed by atoms with van der Waals surface area (Å²) in [5, 5.41) is 18.7. The van der Waals surface area contributed by atoms with Crippen molar-refractivity contribution in [1.82, 2.24) is 0 Å². The van der Waals surface area contributed by atoms with Crippen LogP contribution in [0.4, 0.5) is 0 Å². The lowest BCUT2D eigenvalue weighted by Crippen LogP contribution is -2.45. The average Bonchev–Trinajstić information content (AvgIpc) is 2.36. The van der Waals surface area contributed by atoms with E-state index < -0.39 is 11.4 Å². The van der Waals surface area contributed by atoms with Crippen LogP contribution in [0.3, 0.4) is 0 Å². The lowest BCUT2D eigenvalue weighted by Gasteiger charge is -2.32. The van der Waals surface area contributed by atoms with Crippen molar-refractivity contribution in [2.24, 2.45) is 11.7 Å². The van der Waals surface area contributed by atoms with Crippen molar-refractivity contribution >= 4 is 5.97 Å². The number of rotatable bonds is 6. The van der Waals surface area contributed by atoms with Crippen LogP contribution in [0.2, 0.25) is 0 Å². The van der Waals surface area contributed by atoms with Crippen LogP contribution in [0, 0.1) is 12.8 Å². The van der Waals surface area contributed by atoms with Gasteiger partial charge in [0.2, 0.25) is 0 Å². The number of hydrogen-bond donors (Lipinski definition) is 3. The first-order chi connectivity index (χ1) is 8.47. The van der Waals surface area contributed by atoms with Crippen LogP contribution in [0.25, 0.3) is 0 Å². The normalized spacial score (nSPS) is 16.0. The summed E-state index contributed by atoms with van der Waals surface area (Å²) in [7, 11) is 0. The molecule has 2 atom stereocenters. The molecule has 1 aromatic rings. The molecule has 0 fully saturated rings. The topological polar surface area (TPSA) is 83.5 Å². The zero-order valence-corrected chi connectivity index (χ0v) is 10.9. The Labute approximate surface area is 107 Å². The number of aliphatic hydroxyl groups excluding tert-OH is 1. The molecule has 0 amide bonds. The maximum atomic E-state index is 11.7. The second-order valence-corrected chi connectivity index (χ2v) is 4.90. The van der Waals surface area contributed by atoms with Gasteiger partial charge in [-0.2, -0.15) is 0 Å². The molecule has 0 spiro atoms. The molecule has 4 heteroatoms. The summed E-state index contributed by atoms with van der Waals surface area (Å²) >= 11 is 0. The zero-order chi connectivity index (χ0) is 13.8. The van der Waals surface area contributed by atoms with Gasteiger partial charge in [-0.05, 0) is 30.4 Å². The highest BCUT2D eigenvalue weighted by Crippen LogP contribution is 2.33. The number of nitrogens with two attached hydrogens (primary N) is 1. The van der Waals surface area contributed by atoms with Crippen LogP contribution in [0.15, 0.2) is 24.3 Å². The Hall–Kier alpha value is -1.39. The first kappa shape index (κ1) is 14.7. The van der Waals surface area contributed by atoms with Crippen LogP contribution < -0.4 is 5.73 Å². The monoisotopic (exact) mass is 251 g/mol. The van der Waals surface area contributed by atoms with Gasteiger partial charge in [-0.25, -0.2) is 0 Å². The Balaban J connectivity index is 3.28. The van der Waals surface area contributed by atoms with Gasteiger partial charge in [0.1, 0.15) is 5.41 Å². The number of aliphatic carboxylic acids is 1. The van der Waals surface area contributed by atoms with E-state index in [4.69, 9.17) is 10.8 Å². The van der Waals surface area contributed by atoms with E-state index in [1.54, 1.807) is 6.07 Å². The van der Waals surface area contributed by atoms with E-state index in [1.807, 2.05) is 32.0 Å². The minimum absolute atomic E-state index is 0.0253. The predicted molar refractivity (Wildman–Crippen MR) is 70.4 cm³/mol. The van der Waals surface area contributed by atoms with Crippen molar-refractivity contribution < 1.29 is 15.0 Å². The van der Waals surface area contributed by atoms with Gasteiger partial charge >= 0.3 is 5.97 Å². The number of aliphatic hydroxyl groups is 1. The highest BCUT2D eigenvalue weighted by Gasteiger charge is 2.41. The molecular weight excluding hydrogens is 230 g/mol. The first-order valence-corrected chi connectivity index (χ1v) is 6.08. The Kier molecular flexibility index (Phi) is 4.87. The fourth-order valence-corrected chi connectivity index (χ4v) is 2.36. The van der Waals surface area contributed by atoms with Gasteiger partial charge < -0.3 is 15.9 Å². The second kappa shape index (κ2) is 5.98. The molecule has 0 aliphatic carbocycles. The molecule has 0 saturated carbocycles. The summed E-state index contributed by atoms with van der Waals surface area (Å²) < 4.78 is 0. The molecule has 1 rings (SSSR count). The molecule has 0 radical (unpaired) electrons. The van der Waals surface area contributed by atoms with Gasteiger partial charge in [-0.1, -0.05) is 31.2 Å². The fourth-order valence-electron chi connectivity index (χ4n) is 2.36. The molecule has 4 nitrogen and oxygen atoms in total. The molecule has 0 aromatic heterocycles. The van der Waals surface area contributed by atoms with Gasteiger partial charge in [0.25, 0.3) is 0 Å². The van der Waals surface area contributed by atoms with Crippen LogP contribution in [-0.2, 0) is 10.2 Å². The van der Waals surface area contributed by atoms with Crippen molar-refractivity contribution in [2.75, 3.05) is 13.2 Å². The number of hydrogen-bond acceptors (Lipinski definition) is 3. The SMILES string of the molecule is Cc1ccccc1C(CN)(CC(C)CO)C(=O)O. The van der Waals surface area contributed by atoms with E-state index in [9.17, 15) is 9.90 Å². The van der Waals surface area contributed by atoms with Crippen LogP contribution >= 0.6 is 0 Å². The summed E-state index contributed by atoms with van der Waals surface area (Å²) in [6, 6.07) is 7.38. The molecule has 4 N–H and O–H groups in total. The van der Waals surface area contributed by atoms with E-state index in [-0.39, 0.29) is 19.1 Å². The number of aryl methyl sites for hydroxylation is 1. The first-order valence-electron chi connectivity index (χ1n) is 6.08. The minimum Gasteiger partial charge on any atom is -0.481 e. The largest absolute Gasteiger partial charge is 0.481 e. The lowest BCUT2D eigenvalue weighted by atomic mass is 9.72. The predicted octanol–water partition coefficient (Wildman–Crippen LogP) is 1.29. The molecular formula is C14H21NO3. The Bertz CT molecular complexity index is 419. The van der Waals surface area contributed by atoms with Crippen LogP contribution in [-0.4, -0.2) is 29.3 Å². The molecule has 0 aliphatic rings. The molecule has 0 bridgehead atoms. The maximum absolute atomic E-state index is 11.7. The summed E-state index contributed by atoms with van der Waals surface area (Å²) in [6.07, 6.45) is 0.334. The van der Waals surface area contributed by atoms with Gasteiger partial charge in [0.05, 0.1) is 0 Å². The van der Waals surface area contributed by atoms with E-state index in [1.165, 1.54) is 0 Å². The molecule has 0 saturated heterocycles. The second-order valence-electron chi connectivity index (χ2n) is 4.90. The van der Waals surface area contributed by atoms with Gasteiger partial charge in [0.15, 0.2) is 0 Å². The molecule has 0 heterocycles. The highest BCUT2D eigenvalue weighted by atomic mass is 16.4. The molecule has 1 aromatic carbocycles. The Morgan fingerprint density at radius 1 is 1.44 bits per heavy atom. The number of carboxylic acids is 1. The zero-order valence-electron chi connectivity index (χ0n) is 10.9. The quantitative estimate of drug-likeness (QED) is 0.711. The summed E-state index contributed by atoms with van der Waals surface area (Å²) in [5.74, 6) is -1.04. The third kappa shape index (κ3) is 2.71. The van der Waals surface area contributed by atoms with Crippen molar-refractivity contribution in [1.29, 1.82) is 0 Å². The summed E-state index contributed by atoms with van der Waals surface area (Å²) in [6.45, 7) is 3.69. The third-order valence-electron chi connectivity index (χ3n) is 3.43. The van der Waals surface area contributed by atoms with Crippen molar-refractivity contribution in [3.63, 3.8) is 0 Å². The fraction of sp³-hybridized carbons (Fsp3) is 0.500. The van der Waals surface area contributed by atoms with E-state index >= 15 is 0 Å². The number of carboxylic acid groups (broad SMARTS) is 1. The third-order valence-corrected chi connectivity index (χ3v) is 3.43. The van der Waals surface area contributed by atoms with Gasteiger partial charge in [-0.15, -0.1) is 0 Å². The minimum atomic E-state index is -1.12. The van der Waals surface area contributed by atoms with Crippen molar-refractivity contribution in [2.45, 2.75) is 25.7 Å². The highest BCUT2D eigenvalue weighted by molar-refractivity contribution is 5.82. The molecule has 0 aliphatic heterocycles. The van der Waals surface area contributed by atoms with Gasteiger partial charge in [0, 0.05) is 13.2 Å². The maximum Gasteiger partial charge on any atom is 0.315 e. The van der Waals surface area contributed by atoms with Gasteiger partial charge in [-0.3, -0.25) is 4.79 Å². The molecule has 2 unspecified atom stereocenters. The number of benzene rings is 1. The smallest absolute Gasteiger partial charge is 0.315 e. The number of carbonyl (C=O) groups is 1. The summed E-state index contributed by atoms with van der Waals surface area (Å²) in [5.41, 5.74) is 6.28. The molecule has 18 heavy (non-hydrogen) atoms. The molecule has 100 valence electrons. The Morgan fingerprint density at radius 2 is 2.06 bits per heavy atom. The van der Waals surface area contributed by atoms with Crippen LogP contribution in [0.1, 0.15) is 24.5 Å². The Morgan fingerprint density at radius 3 is 2.50 bits per heavy atom. The summed E-state index contributed by atoms with van der Waals surface area (Å²) in [4.78, 5) is 11.7. The van der Waals surface area contributed by atoms with E-state index in [2.05, 4.69) is 0 Å². The van der Waals surface area contributed by atoms with E-state index in [0.717, 1.165) is 11.1 Å². The lowest BCUT2D eigenvalue weighted by molar-refractivity contribution is -0.144. The van der Waals surface area contributed by atoms with Crippen molar-refractivity contribution in [3.05, 3.63) is 35.4 Å². The standard InChI is InChI=1S/C14H21NO3/c1-10(8-16)7-14(9-15,13(17)18)12-6-4-3-5-11(12)2/h3-6,10,16H,7-9,15H2,1-2H3,(H,17,18). The van der Waals surface area contributed by atoms with Crippen LogP contribution in [0.5, 0.6) is 0 Å². The van der Waals surface area contributed by atoms with Crippen molar-refractivity contribution in [3.8, 4) is 0 Å². The average molecular weight is 251 g/mol. The van der Waals surface area contributed by atoms with E-state index in [0.29, 0.717) is 6.42 Å².